The number of carbonyl (C=O) groups is 2. The first-order valence-corrected chi connectivity index (χ1v) is 11.4. The Morgan fingerprint density at radius 3 is 2.58 bits per heavy atom. The van der Waals surface area contributed by atoms with E-state index in [1.165, 1.54) is 7.11 Å². The number of methoxy groups -OCH3 is 1. The van der Waals surface area contributed by atoms with Crippen LogP contribution < -0.4 is 16.7 Å². The second-order valence-electron chi connectivity index (χ2n) is 7.02. The van der Waals surface area contributed by atoms with Crippen LogP contribution in [0, 0.1) is 13.8 Å². The predicted molar refractivity (Wildman–Crippen MR) is 123 cm³/mol. The van der Waals surface area contributed by atoms with Crippen molar-refractivity contribution in [3.8, 4) is 0 Å². The summed E-state index contributed by atoms with van der Waals surface area (Å²) < 4.78 is 5.71. The van der Waals surface area contributed by atoms with Crippen molar-refractivity contribution in [2.24, 2.45) is 0 Å². The molecule has 3 rings (SSSR count). The van der Waals surface area contributed by atoms with E-state index in [1.54, 1.807) is 6.92 Å². The molecule has 0 unspecified atom stereocenters. The molecule has 2 aromatic heterocycles. The van der Waals surface area contributed by atoms with Gasteiger partial charge < -0.3 is 15.9 Å². The molecule has 3 N–H and O–H groups in total. The number of nitrogens with zero attached hydrogens (tertiary/aromatic N) is 2. The lowest BCUT2D eigenvalue weighted by molar-refractivity contribution is -0.120. The van der Waals surface area contributed by atoms with E-state index < -0.39 is 16.8 Å². The molecule has 1 aromatic carbocycles. The zero-order chi connectivity index (χ0) is 22.7. The van der Waals surface area contributed by atoms with Gasteiger partial charge in [0.05, 0.1) is 17.7 Å². The number of ether oxygens (including phenoxy) is 1. The zero-order valence-corrected chi connectivity index (χ0v) is 19.4. The third-order valence-electron chi connectivity index (χ3n) is 4.83. The van der Waals surface area contributed by atoms with Gasteiger partial charge in [0.25, 0.3) is 5.56 Å². The number of fused-ring (bicyclic) bond motifs is 1. The topological polar surface area (TPSA) is 116 Å². The van der Waals surface area contributed by atoms with E-state index in [1.807, 2.05) is 38.1 Å². The van der Waals surface area contributed by atoms with Gasteiger partial charge >= 0.3 is 5.97 Å². The van der Waals surface area contributed by atoms with Crippen LogP contribution in [0.15, 0.2) is 34.2 Å². The number of aryl methyl sites for hydroxylation is 2. The normalized spacial score (nSPS) is 12.0. The molecular formula is C21H24N4O4S2. The monoisotopic (exact) mass is 460 g/mol. The van der Waals surface area contributed by atoms with Crippen molar-refractivity contribution in [2.45, 2.75) is 44.1 Å². The van der Waals surface area contributed by atoms with E-state index in [-0.39, 0.29) is 16.4 Å². The Labute approximate surface area is 187 Å². The van der Waals surface area contributed by atoms with Gasteiger partial charge in [-0.3, -0.25) is 9.59 Å². The summed E-state index contributed by atoms with van der Waals surface area (Å²) in [5.41, 5.74) is 2.17. The molecule has 1 amide bonds. The van der Waals surface area contributed by atoms with Crippen molar-refractivity contribution in [1.82, 2.24) is 15.0 Å². The number of aromatic nitrogens is 2. The maximum atomic E-state index is 12.8. The molecular weight excluding hydrogens is 436 g/mol. The standard InChI is InChI=1S/C21H24N4O4S2/c1-5-14(17(26)23-10-13-8-6-11(2)7-9-13)30-21-24-18-15(19(27)25(21)22)12(3)16(31-18)20(28)29-4/h6-9,14H,5,10,22H2,1-4H3,(H,23,26)/t14-/m0/s1. The second-order valence-corrected chi connectivity index (χ2v) is 9.18. The van der Waals surface area contributed by atoms with E-state index in [0.29, 0.717) is 28.2 Å². The van der Waals surface area contributed by atoms with Gasteiger partial charge in [0.2, 0.25) is 5.91 Å². The third kappa shape index (κ3) is 4.75. The average Bonchev–Trinajstić information content (AvgIpc) is 3.10. The van der Waals surface area contributed by atoms with E-state index in [2.05, 4.69) is 10.3 Å². The Bertz CT molecular complexity index is 1180. The summed E-state index contributed by atoms with van der Waals surface area (Å²) in [6, 6.07) is 7.92. The van der Waals surface area contributed by atoms with Crippen LogP contribution in [0.25, 0.3) is 10.2 Å². The molecule has 0 aliphatic rings. The first-order valence-electron chi connectivity index (χ1n) is 9.66. The van der Waals surface area contributed by atoms with Gasteiger partial charge in [-0.15, -0.1) is 11.3 Å². The number of carbonyl (C=O) groups excluding carboxylic acids is 2. The van der Waals surface area contributed by atoms with Crippen molar-refractivity contribution in [1.29, 1.82) is 0 Å². The SMILES string of the molecule is CC[C@H](Sc1nc2sc(C(=O)OC)c(C)c2c(=O)n1N)C(=O)NCc1ccc(C)cc1. The van der Waals surface area contributed by atoms with Crippen LogP contribution in [-0.2, 0) is 16.1 Å². The molecule has 31 heavy (non-hydrogen) atoms. The molecule has 2 heterocycles. The third-order valence-corrected chi connectivity index (χ3v) is 7.33. The summed E-state index contributed by atoms with van der Waals surface area (Å²) in [4.78, 5) is 42.7. The number of benzene rings is 1. The lowest BCUT2D eigenvalue weighted by Gasteiger charge is -2.15. The number of hydrogen-bond acceptors (Lipinski definition) is 8. The summed E-state index contributed by atoms with van der Waals surface area (Å²) in [6.07, 6.45) is 0.523. The van der Waals surface area contributed by atoms with Crippen molar-refractivity contribution in [2.75, 3.05) is 13.0 Å². The molecule has 0 saturated carbocycles. The fourth-order valence-corrected chi connectivity index (χ4v) is 5.11. The highest BCUT2D eigenvalue weighted by molar-refractivity contribution is 8.00. The van der Waals surface area contributed by atoms with Crippen LogP contribution in [0.3, 0.4) is 0 Å². The number of nitrogens with two attached hydrogens (primary N) is 1. The summed E-state index contributed by atoms with van der Waals surface area (Å²) in [6.45, 7) is 5.95. The van der Waals surface area contributed by atoms with Crippen molar-refractivity contribution in [3.63, 3.8) is 0 Å². The van der Waals surface area contributed by atoms with Crippen LogP contribution in [-0.4, -0.2) is 33.9 Å². The molecule has 0 bridgehead atoms. The molecule has 0 saturated heterocycles. The smallest absolute Gasteiger partial charge is 0.348 e. The van der Waals surface area contributed by atoms with Gasteiger partial charge in [-0.25, -0.2) is 14.5 Å². The highest BCUT2D eigenvalue weighted by atomic mass is 32.2. The van der Waals surface area contributed by atoms with E-state index in [0.717, 1.165) is 38.9 Å². The van der Waals surface area contributed by atoms with Crippen LogP contribution in [0.4, 0.5) is 0 Å². The average molecular weight is 461 g/mol. The predicted octanol–water partition coefficient (Wildman–Crippen LogP) is 2.76. The van der Waals surface area contributed by atoms with Crippen molar-refractivity contribution < 1.29 is 14.3 Å². The highest BCUT2D eigenvalue weighted by Crippen LogP contribution is 2.30. The molecule has 0 fully saturated rings. The Morgan fingerprint density at radius 2 is 1.97 bits per heavy atom. The molecule has 0 aliphatic carbocycles. The minimum Gasteiger partial charge on any atom is -0.465 e. The number of hydrogen-bond donors (Lipinski definition) is 2. The lowest BCUT2D eigenvalue weighted by atomic mass is 10.1. The maximum absolute atomic E-state index is 12.8. The van der Waals surface area contributed by atoms with Gasteiger partial charge in [0.1, 0.15) is 9.71 Å². The molecule has 10 heteroatoms. The van der Waals surface area contributed by atoms with Crippen molar-refractivity contribution >= 4 is 45.2 Å². The molecule has 0 aliphatic heterocycles. The summed E-state index contributed by atoms with van der Waals surface area (Å²) in [5.74, 6) is 5.30. The van der Waals surface area contributed by atoms with Gasteiger partial charge in [-0.1, -0.05) is 48.5 Å². The number of esters is 1. The second kappa shape index (κ2) is 9.52. The largest absolute Gasteiger partial charge is 0.465 e. The molecule has 0 spiro atoms. The molecule has 1 atom stereocenters. The summed E-state index contributed by atoms with van der Waals surface area (Å²) in [7, 11) is 1.28. The minimum absolute atomic E-state index is 0.167. The van der Waals surface area contributed by atoms with Gasteiger partial charge in [0.15, 0.2) is 5.16 Å². The summed E-state index contributed by atoms with van der Waals surface area (Å²) >= 11 is 2.20. The number of rotatable bonds is 7. The molecule has 3 aromatic rings. The number of thioether (sulfide) groups is 1. The fraction of sp³-hybridized carbons (Fsp3) is 0.333. The number of nitrogen functional groups attached to an aromatic ring is 1. The van der Waals surface area contributed by atoms with Gasteiger partial charge in [0, 0.05) is 6.54 Å². The quantitative estimate of drug-likeness (QED) is 0.241. The minimum atomic E-state index is -0.528. The molecule has 0 radical (unpaired) electrons. The van der Waals surface area contributed by atoms with Crippen LogP contribution in [0.1, 0.15) is 39.7 Å². The Morgan fingerprint density at radius 1 is 1.29 bits per heavy atom. The van der Waals surface area contributed by atoms with Gasteiger partial charge in [-0.05, 0) is 31.4 Å². The maximum Gasteiger partial charge on any atom is 0.348 e. The Balaban J connectivity index is 1.83. The van der Waals surface area contributed by atoms with E-state index >= 15 is 0 Å². The van der Waals surface area contributed by atoms with Crippen LogP contribution >= 0.6 is 23.1 Å². The number of nitrogens with one attached hydrogen (secondary N) is 1. The number of amides is 1. The lowest BCUT2D eigenvalue weighted by Crippen LogP contribution is -2.34. The molecule has 164 valence electrons. The zero-order valence-electron chi connectivity index (χ0n) is 17.7. The Hall–Kier alpha value is -2.85. The molecule has 8 nitrogen and oxygen atoms in total. The number of thiophene rings is 1. The first-order chi connectivity index (χ1) is 14.8. The van der Waals surface area contributed by atoms with Crippen LogP contribution in [0.2, 0.25) is 0 Å². The first kappa shape index (κ1) is 22.8. The highest BCUT2D eigenvalue weighted by Gasteiger charge is 2.24. The summed E-state index contributed by atoms with van der Waals surface area (Å²) in [5, 5.41) is 2.94. The van der Waals surface area contributed by atoms with Crippen LogP contribution in [0.5, 0.6) is 0 Å². The fourth-order valence-electron chi connectivity index (χ4n) is 3.01. The van der Waals surface area contributed by atoms with Crippen molar-refractivity contribution in [3.05, 3.63) is 56.2 Å². The van der Waals surface area contributed by atoms with E-state index in [4.69, 9.17) is 10.6 Å². The van der Waals surface area contributed by atoms with Gasteiger partial charge in [-0.2, -0.15) is 0 Å². The van der Waals surface area contributed by atoms with E-state index in [9.17, 15) is 14.4 Å². The Kier molecular flexibility index (Phi) is 7.01.